The zero-order valence-corrected chi connectivity index (χ0v) is 10.3. The molecule has 0 saturated carbocycles. The molecule has 1 fully saturated rings. The monoisotopic (exact) mass is 244 g/mol. The van der Waals surface area contributed by atoms with E-state index in [1.165, 1.54) is 0 Å². The molecular weight excluding hydrogens is 224 g/mol. The molecule has 0 spiro atoms. The van der Waals surface area contributed by atoms with Crippen molar-refractivity contribution in [2.45, 2.75) is 38.3 Å². The highest BCUT2D eigenvalue weighted by Gasteiger charge is 2.43. The van der Waals surface area contributed by atoms with Gasteiger partial charge >= 0.3 is 5.97 Å². The molecule has 98 valence electrons. The van der Waals surface area contributed by atoms with Crippen molar-refractivity contribution in [2.24, 2.45) is 0 Å². The first-order valence-electron chi connectivity index (χ1n) is 5.82. The molecule has 0 aromatic carbocycles. The van der Waals surface area contributed by atoms with Gasteiger partial charge in [0.25, 0.3) is 0 Å². The van der Waals surface area contributed by atoms with Gasteiger partial charge in [0.2, 0.25) is 5.91 Å². The maximum atomic E-state index is 11.6. The van der Waals surface area contributed by atoms with Gasteiger partial charge in [-0.3, -0.25) is 4.79 Å². The van der Waals surface area contributed by atoms with Crippen molar-refractivity contribution in [1.29, 1.82) is 0 Å². The van der Waals surface area contributed by atoms with Crippen LogP contribution in [0.25, 0.3) is 0 Å². The maximum absolute atomic E-state index is 11.6. The van der Waals surface area contributed by atoms with Gasteiger partial charge in [-0.25, -0.2) is 4.79 Å². The fourth-order valence-electron chi connectivity index (χ4n) is 1.69. The van der Waals surface area contributed by atoms with Crippen LogP contribution in [-0.4, -0.2) is 48.3 Å². The van der Waals surface area contributed by atoms with Crippen LogP contribution in [-0.2, 0) is 14.3 Å². The molecule has 0 radical (unpaired) electrons. The number of hydrogen-bond acceptors (Lipinski definition) is 4. The number of carbonyl (C=O) groups is 2. The van der Waals surface area contributed by atoms with Crippen LogP contribution in [0.2, 0.25) is 0 Å². The van der Waals surface area contributed by atoms with Crippen molar-refractivity contribution in [3.8, 4) is 0 Å². The molecule has 1 unspecified atom stereocenters. The fourth-order valence-corrected chi connectivity index (χ4v) is 1.69. The van der Waals surface area contributed by atoms with Crippen LogP contribution in [0, 0.1) is 0 Å². The summed E-state index contributed by atoms with van der Waals surface area (Å²) in [4.78, 5) is 22.8. The fraction of sp³-hybridized carbons (Fsp3) is 0.818. The lowest BCUT2D eigenvalue weighted by Crippen LogP contribution is -2.55. The largest absolute Gasteiger partial charge is 0.479 e. The summed E-state index contributed by atoms with van der Waals surface area (Å²) in [6.07, 6.45) is 0.596. The molecule has 6 heteroatoms. The van der Waals surface area contributed by atoms with E-state index in [0.29, 0.717) is 25.6 Å². The van der Waals surface area contributed by atoms with Crippen LogP contribution in [0.15, 0.2) is 0 Å². The third kappa shape index (κ3) is 3.98. The molecule has 1 heterocycles. The zero-order valence-electron chi connectivity index (χ0n) is 10.3. The van der Waals surface area contributed by atoms with Crippen molar-refractivity contribution in [3.63, 3.8) is 0 Å². The topological polar surface area (TPSA) is 87.7 Å². The van der Waals surface area contributed by atoms with E-state index in [4.69, 9.17) is 9.84 Å². The van der Waals surface area contributed by atoms with Gasteiger partial charge in [0, 0.05) is 32.0 Å². The molecule has 1 aliphatic rings. The normalized spacial score (nSPS) is 23.9. The molecule has 1 atom stereocenters. The van der Waals surface area contributed by atoms with E-state index in [2.05, 4.69) is 10.6 Å². The van der Waals surface area contributed by atoms with E-state index < -0.39 is 11.5 Å². The van der Waals surface area contributed by atoms with Gasteiger partial charge in [0.15, 0.2) is 5.54 Å². The minimum absolute atomic E-state index is 0.0473. The highest BCUT2D eigenvalue weighted by Crippen LogP contribution is 2.18. The maximum Gasteiger partial charge on any atom is 0.331 e. The SMILES string of the molecule is CC(C)NCCC(=O)NC1(C(=O)O)CCOC1. The van der Waals surface area contributed by atoms with Gasteiger partial charge in [-0.1, -0.05) is 13.8 Å². The van der Waals surface area contributed by atoms with Crippen LogP contribution < -0.4 is 10.6 Å². The predicted octanol–water partition coefficient (Wildman–Crippen LogP) is -0.266. The Morgan fingerprint density at radius 2 is 2.18 bits per heavy atom. The first kappa shape index (κ1) is 13.9. The lowest BCUT2D eigenvalue weighted by Gasteiger charge is -2.23. The van der Waals surface area contributed by atoms with Gasteiger partial charge in [-0.05, 0) is 0 Å². The van der Waals surface area contributed by atoms with Crippen molar-refractivity contribution < 1.29 is 19.4 Å². The van der Waals surface area contributed by atoms with E-state index in [1.807, 2.05) is 13.8 Å². The molecule has 0 aliphatic carbocycles. The Kier molecular flexibility index (Phi) is 4.89. The van der Waals surface area contributed by atoms with Crippen molar-refractivity contribution in [1.82, 2.24) is 10.6 Å². The van der Waals surface area contributed by atoms with Crippen LogP contribution in [0.3, 0.4) is 0 Å². The Bertz CT molecular complexity index is 285. The number of aliphatic carboxylic acids is 1. The number of carboxylic acids is 1. The van der Waals surface area contributed by atoms with Crippen molar-refractivity contribution in [3.05, 3.63) is 0 Å². The molecule has 1 aliphatic heterocycles. The number of nitrogens with one attached hydrogen (secondary N) is 2. The quantitative estimate of drug-likeness (QED) is 0.599. The molecule has 1 saturated heterocycles. The molecule has 0 bridgehead atoms. The average molecular weight is 244 g/mol. The Labute approximate surface area is 101 Å². The summed E-state index contributed by atoms with van der Waals surface area (Å²) >= 11 is 0. The Morgan fingerprint density at radius 1 is 1.47 bits per heavy atom. The third-order valence-corrected chi connectivity index (χ3v) is 2.71. The summed E-state index contributed by atoms with van der Waals surface area (Å²) in [5.41, 5.74) is -1.23. The second-order valence-electron chi connectivity index (χ2n) is 4.60. The van der Waals surface area contributed by atoms with E-state index in [1.54, 1.807) is 0 Å². The van der Waals surface area contributed by atoms with E-state index >= 15 is 0 Å². The summed E-state index contributed by atoms with van der Waals surface area (Å²) in [5.74, 6) is -1.29. The number of hydrogen-bond donors (Lipinski definition) is 3. The molecule has 1 amide bonds. The van der Waals surface area contributed by atoms with Crippen LogP contribution >= 0.6 is 0 Å². The van der Waals surface area contributed by atoms with Crippen molar-refractivity contribution in [2.75, 3.05) is 19.8 Å². The van der Waals surface area contributed by atoms with Gasteiger partial charge in [0.05, 0.1) is 6.61 Å². The highest BCUT2D eigenvalue weighted by molar-refractivity contribution is 5.87. The van der Waals surface area contributed by atoms with Gasteiger partial charge in [-0.2, -0.15) is 0 Å². The molecule has 6 nitrogen and oxygen atoms in total. The van der Waals surface area contributed by atoms with E-state index in [-0.39, 0.29) is 18.9 Å². The van der Waals surface area contributed by atoms with E-state index in [0.717, 1.165) is 0 Å². The van der Waals surface area contributed by atoms with Gasteiger partial charge < -0.3 is 20.5 Å². The molecule has 0 aromatic rings. The number of amides is 1. The first-order valence-corrected chi connectivity index (χ1v) is 5.82. The number of rotatable bonds is 6. The molecule has 1 rings (SSSR count). The Balaban J connectivity index is 2.40. The Morgan fingerprint density at radius 3 is 2.65 bits per heavy atom. The summed E-state index contributed by atoms with van der Waals surface area (Å²) < 4.78 is 5.05. The summed E-state index contributed by atoms with van der Waals surface area (Å²) in [6, 6.07) is 0.311. The second kappa shape index (κ2) is 5.97. The number of carboxylic acid groups (broad SMARTS) is 1. The molecule has 0 aromatic heterocycles. The lowest BCUT2D eigenvalue weighted by atomic mass is 9.99. The highest BCUT2D eigenvalue weighted by atomic mass is 16.5. The predicted molar refractivity (Wildman–Crippen MR) is 61.7 cm³/mol. The number of carbonyl (C=O) groups excluding carboxylic acids is 1. The standard InChI is InChI=1S/C11H20N2O4/c1-8(2)12-5-3-9(14)13-11(10(15)16)4-6-17-7-11/h8,12H,3-7H2,1-2H3,(H,13,14)(H,15,16). The van der Waals surface area contributed by atoms with Gasteiger partial charge in [-0.15, -0.1) is 0 Å². The van der Waals surface area contributed by atoms with Crippen LogP contribution in [0.1, 0.15) is 26.7 Å². The molecule has 3 N–H and O–H groups in total. The zero-order chi connectivity index (χ0) is 12.9. The Hall–Kier alpha value is -1.14. The lowest BCUT2D eigenvalue weighted by molar-refractivity contribution is -0.147. The number of ether oxygens (including phenoxy) is 1. The summed E-state index contributed by atoms with van der Waals surface area (Å²) in [7, 11) is 0. The van der Waals surface area contributed by atoms with Crippen LogP contribution in [0.4, 0.5) is 0 Å². The summed E-state index contributed by atoms with van der Waals surface area (Å²) in [5, 5.41) is 14.8. The third-order valence-electron chi connectivity index (χ3n) is 2.71. The minimum Gasteiger partial charge on any atom is -0.479 e. The van der Waals surface area contributed by atoms with Gasteiger partial charge in [0.1, 0.15) is 0 Å². The molecular formula is C11H20N2O4. The van der Waals surface area contributed by atoms with Crippen molar-refractivity contribution >= 4 is 11.9 Å². The second-order valence-corrected chi connectivity index (χ2v) is 4.60. The smallest absolute Gasteiger partial charge is 0.331 e. The minimum atomic E-state index is -1.23. The van der Waals surface area contributed by atoms with E-state index in [9.17, 15) is 9.59 Å². The molecule has 17 heavy (non-hydrogen) atoms. The summed E-state index contributed by atoms with van der Waals surface area (Å²) in [6.45, 7) is 4.94. The van der Waals surface area contributed by atoms with Crippen LogP contribution in [0.5, 0.6) is 0 Å². The average Bonchev–Trinajstić information content (AvgIpc) is 2.66. The first-order chi connectivity index (χ1) is 7.96.